The lowest BCUT2D eigenvalue weighted by molar-refractivity contribution is 0.0687. The monoisotopic (exact) mass is 225 g/mol. The lowest BCUT2D eigenvalue weighted by Crippen LogP contribution is -2.53. The second-order valence-corrected chi connectivity index (χ2v) is 5.43. The van der Waals surface area contributed by atoms with Crippen molar-refractivity contribution in [3.8, 4) is 0 Å². The van der Waals surface area contributed by atoms with Crippen molar-refractivity contribution >= 4 is 0 Å². The number of nitrogens with zero attached hydrogens (tertiary/aromatic N) is 2. The van der Waals surface area contributed by atoms with Crippen molar-refractivity contribution in [2.24, 2.45) is 5.92 Å². The molecule has 16 heavy (non-hydrogen) atoms. The molecular weight excluding hydrogens is 198 g/mol. The summed E-state index contributed by atoms with van der Waals surface area (Å²) in [6.45, 7) is 13.5. The SMILES string of the molecule is CCN1CCN(CC2CCNCC2)[C@H](C)C1. The van der Waals surface area contributed by atoms with E-state index in [4.69, 9.17) is 0 Å². The second-order valence-electron chi connectivity index (χ2n) is 5.43. The highest BCUT2D eigenvalue weighted by Crippen LogP contribution is 2.17. The van der Waals surface area contributed by atoms with E-state index in [0.717, 1.165) is 12.0 Å². The first-order valence-electron chi connectivity index (χ1n) is 6.96. The van der Waals surface area contributed by atoms with Gasteiger partial charge in [0.1, 0.15) is 0 Å². The van der Waals surface area contributed by atoms with E-state index in [1.807, 2.05) is 0 Å². The zero-order chi connectivity index (χ0) is 11.4. The molecule has 1 atom stereocenters. The van der Waals surface area contributed by atoms with Gasteiger partial charge in [-0.15, -0.1) is 0 Å². The lowest BCUT2D eigenvalue weighted by Gasteiger charge is -2.41. The largest absolute Gasteiger partial charge is 0.317 e. The van der Waals surface area contributed by atoms with E-state index >= 15 is 0 Å². The summed E-state index contributed by atoms with van der Waals surface area (Å²) >= 11 is 0. The molecule has 0 aliphatic carbocycles. The molecule has 0 radical (unpaired) electrons. The number of hydrogen-bond donors (Lipinski definition) is 1. The summed E-state index contributed by atoms with van der Waals surface area (Å²) in [5, 5.41) is 3.45. The molecule has 0 aromatic heterocycles. The van der Waals surface area contributed by atoms with Gasteiger partial charge in [-0.3, -0.25) is 4.90 Å². The highest BCUT2D eigenvalue weighted by Gasteiger charge is 2.25. The summed E-state index contributed by atoms with van der Waals surface area (Å²) in [4.78, 5) is 5.28. The van der Waals surface area contributed by atoms with Crippen LogP contribution in [0.4, 0.5) is 0 Å². The molecule has 1 N–H and O–H groups in total. The van der Waals surface area contributed by atoms with Crippen molar-refractivity contribution in [3.05, 3.63) is 0 Å². The first kappa shape index (κ1) is 12.3. The summed E-state index contributed by atoms with van der Waals surface area (Å²) in [6, 6.07) is 0.753. The van der Waals surface area contributed by atoms with Crippen LogP contribution in [0, 0.1) is 5.92 Å². The summed E-state index contributed by atoms with van der Waals surface area (Å²) in [6.07, 6.45) is 2.75. The van der Waals surface area contributed by atoms with Gasteiger partial charge in [0, 0.05) is 32.2 Å². The summed E-state index contributed by atoms with van der Waals surface area (Å²) in [5.41, 5.74) is 0. The molecule has 2 heterocycles. The number of piperazine rings is 1. The minimum Gasteiger partial charge on any atom is -0.317 e. The van der Waals surface area contributed by atoms with Gasteiger partial charge in [0.05, 0.1) is 0 Å². The van der Waals surface area contributed by atoms with Crippen LogP contribution in [0.25, 0.3) is 0 Å². The van der Waals surface area contributed by atoms with Gasteiger partial charge in [0.2, 0.25) is 0 Å². The number of nitrogens with one attached hydrogen (secondary N) is 1. The van der Waals surface area contributed by atoms with E-state index in [0.29, 0.717) is 0 Å². The van der Waals surface area contributed by atoms with Gasteiger partial charge in [-0.2, -0.15) is 0 Å². The van der Waals surface area contributed by atoms with Crippen molar-refractivity contribution < 1.29 is 0 Å². The average Bonchev–Trinajstić information content (AvgIpc) is 2.33. The smallest absolute Gasteiger partial charge is 0.0195 e. The van der Waals surface area contributed by atoms with E-state index in [2.05, 4.69) is 29.0 Å². The number of piperidine rings is 1. The molecule has 2 fully saturated rings. The minimum absolute atomic E-state index is 0.753. The molecule has 0 amide bonds. The van der Waals surface area contributed by atoms with Crippen LogP contribution >= 0.6 is 0 Å². The van der Waals surface area contributed by atoms with Crippen molar-refractivity contribution in [2.45, 2.75) is 32.7 Å². The first-order chi connectivity index (χ1) is 7.79. The first-order valence-corrected chi connectivity index (χ1v) is 6.96. The Hall–Kier alpha value is -0.120. The Labute approximate surface area is 100 Å². The van der Waals surface area contributed by atoms with Gasteiger partial charge in [0.25, 0.3) is 0 Å². The van der Waals surface area contributed by atoms with Crippen molar-refractivity contribution in [3.63, 3.8) is 0 Å². The lowest BCUT2D eigenvalue weighted by atomic mass is 9.96. The molecule has 2 aliphatic heterocycles. The normalized spacial score (nSPS) is 30.8. The highest BCUT2D eigenvalue weighted by molar-refractivity contribution is 4.81. The van der Waals surface area contributed by atoms with Crippen LogP contribution in [-0.4, -0.2) is 61.7 Å². The van der Waals surface area contributed by atoms with E-state index in [1.165, 1.54) is 58.7 Å². The van der Waals surface area contributed by atoms with Crippen LogP contribution in [0.1, 0.15) is 26.7 Å². The van der Waals surface area contributed by atoms with Crippen molar-refractivity contribution in [1.29, 1.82) is 0 Å². The van der Waals surface area contributed by atoms with E-state index in [9.17, 15) is 0 Å². The summed E-state index contributed by atoms with van der Waals surface area (Å²) in [5.74, 6) is 0.942. The Morgan fingerprint density at radius 2 is 1.94 bits per heavy atom. The Kier molecular flexibility index (Phi) is 4.62. The third-order valence-corrected chi connectivity index (χ3v) is 4.25. The van der Waals surface area contributed by atoms with Gasteiger partial charge in [-0.1, -0.05) is 6.92 Å². The Bertz CT molecular complexity index is 201. The van der Waals surface area contributed by atoms with Crippen LogP contribution in [0.2, 0.25) is 0 Å². The molecular formula is C13H27N3. The standard InChI is InChI=1S/C13H27N3/c1-3-15-8-9-16(12(2)10-15)11-13-4-6-14-7-5-13/h12-14H,3-11H2,1-2H3/t12-/m1/s1. The minimum atomic E-state index is 0.753. The predicted octanol–water partition coefficient (Wildman–Crippen LogP) is 1.01. The number of rotatable bonds is 3. The van der Waals surface area contributed by atoms with Gasteiger partial charge in [-0.05, 0) is 45.3 Å². The number of likely N-dealkylation sites (N-methyl/N-ethyl adjacent to an activating group) is 1. The van der Waals surface area contributed by atoms with Crippen molar-refractivity contribution in [2.75, 3.05) is 45.8 Å². The van der Waals surface area contributed by atoms with Crippen molar-refractivity contribution in [1.82, 2.24) is 15.1 Å². The topological polar surface area (TPSA) is 18.5 Å². The predicted molar refractivity (Wildman–Crippen MR) is 68.7 cm³/mol. The maximum absolute atomic E-state index is 3.45. The van der Waals surface area contributed by atoms with Gasteiger partial charge in [0.15, 0.2) is 0 Å². The zero-order valence-electron chi connectivity index (χ0n) is 10.9. The zero-order valence-corrected chi connectivity index (χ0v) is 10.9. The summed E-state index contributed by atoms with van der Waals surface area (Å²) in [7, 11) is 0. The fourth-order valence-corrected chi connectivity index (χ4v) is 3.03. The second kappa shape index (κ2) is 5.99. The van der Waals surface area contributed by atoms with Crippen LogP contribution in [0.15, 0.2) is 0 Å². The molecule has 0 bridgehead atoms. The van der Waals surface area contributed by atoms with Gasteiger partial charge < -0.3 is 10.2 Å². The third kappa shape index (κ3) is 3.19. The van der Waals surface area contributed by atoms with E-state index in [1.54, 1.807) is 0 Å². The van der Waals surface area contributed by atoms with Crippen LogP contribution < -0.4 is 5.32 Å². The molecule has 2 aliphatic rings. The van der Waals surface area contributed by atoms with Crippen LogP contribution in [0.5, 0.6) is 0 Å². The van der Waals surface area contributed by atoms with Gasteiger partial charge in [-0.25, -0.2) is 0 Å². The fourth-order valence-electron chi connectivity index (χ4n) is 3.03. The molecule has 94 valence electrons. The van der Waals surface area contributed by atoms with Gasteiger partial charge >= 0.3 is 0 Å². The molecule has 0 unspecified atom stereocenters. The quantitative estimate of drug-likeness (QED) is 0.773. The average molecular weight is 225 g/mol. The van der Waals surface area contributed by atoms with Crippen LogP contribution in [-0.2, 0) is 0 Å². The maximum atomic E-state index is 3.45. The molecule has 0 aromatic carbocycles. The fraction of sp³-hybridized carbons (Fsp3) is 1.00. The molecule has 3 heteroatoms. The molecule has 2 rings (SSSR count). The Balaban J connectivity index is 1.76. The number of hydrogen-bond acceptors (Lipinski definition) is 3. The highest BCUT2D eigenvalue weighted by atomic mass is 15.3. The Morgan fingerprint density at radius 1 is 1.19 bits per heavy atom. The molecule has 2 saturated heterocycles. The molecule has 0 spiro atoms. The van der Waals surface area contributed by atoms with E-state index in [-0.39, 0.29) is 0 Å². The molecule has 3 nitrogen and oxygen atoms in total. The summed E-state index contributed by atoms with van der Waals surface area (Å²) < 4.78 is 0. The van der Waals surface area contributed by atoms with Crippen LogP contribution in [0.3, 0.4) is 0 Å². The van der Waals surface area contributed by atoms with E-state index < -0.39 is 0 Å². The molecule has 0 saturated carbocycles. The third-order valence-electron chi connectivity index (χ3n) is 4.25. The Morgan fingerprint density at radius 3 is 2.56 bits per heavy atom. The maximum Gasteiger partial charge on any atom is 0.0195 e. The molecule has 0 aromatic rings.